The second kappa shape index (κ2) is 6.83. The Labute approximate surface area is 160 Å². The lowest BCUT2D eigenvalue weighted by molar-refractivity contribution is 0.0783. The highest BCUT2D eigenvalue weighted by Crippen LogP contribution is 2.33. The minimum absolute atomic E-state index is 0.00589. The normalized spacial score (nSPS) is 15.5. The average Bonchev–Trinajstić information content (AvgIpc) is 2.54. The fourth-order valence-corrected chi connectivity index (χ4v) is 3.76. The van der Waals surface area contributed by atoms with Crippen molar-refractivity contribution in [3.8, 4) is 0 Å². The number of nitrogens with zero attached hydrogens (tertiary/aromatic N) is 1. The van der Waals surface area contributed by atoms with Crippen LogP contribution in [0.1, 0.15) is 52.2 Å². The summed E-state index contributed by atoms with van der Waals surface area (Å²) in [6.07, 6.45) is 1.02. The summed E-state index contributed by atoms with van der Waals surface area (Å²) in [5.74, 6) is -0.433. The highest BCUT2D eigenvalue weighted by atomic mass is 79.9. The second-order valence-corrected chi connectivity index (χ2v) is 8.45. The van der Waals surface area contributed by atoms with Crippen LogP contribution in [-0.2, 0) is 13.0 Å². The van der Waals surface area contributed by atoms with Crippen molar-refractivity contribution in [2.24, 2.45) is 5.41 Å². The van der Waals surface area contributed by atoms with Gasteiger partial charge in [0.25, 0.3) is 11.5 Å². The van der Waals surface area contributed by atoms with Gasteiger partial charge in [0.15, 0.2) is 5.78 Å². The van der Waals surface area contributed by atoms with Gasteiger partial charge in [-0.05, 0) is 29.5 Å². The lowest BCUT2D eigenvalue weighted by atomic mass is 9.75. The molecule has 2 aromatic rings. The van der Waals surface area contributed by atoms with Gasteiger partial charge in [-0.15, -0.1) is 0 Å². The summed E-state index contributed by atoms with van der Waals surface area (Å²) in [6.45, 7) is 4.35. The van der Waals surface area contributed by atoms with Crippen molar-refractivity contribution in [3.05, 3.63) is 67.5 Å². The maximum absolute atomic E-state index is 12.8. The van der Waals surface area contributed by atoms with E-state index in [4.69, 9.17) is 0 Å². The molecule has 0 unspecified atom stereocenters. The summed E-state index contributed by atoms with van der Waals surface area (Å²) >= 11 is 3.46. The zero-order valence-corrected chi connectivity index (χ0v) is 16.6. The van der Waals surface area contributed by atoms with E-state index in [0.717, 1.165) is 10.0 Å². The van der Waals surface area contributed by atoms with E-state index in [1.165, 1.54) is 11.0 Å². The Kier molecular flexibility index (Phi) is 4.88. The number of amides is 1. The third-order valence-electron chi connectivity index (χ3n) is 4.66. The van der Waals surface area contributed by atoms with E-state index < -0.39 is 11.5 Å². The molecule has 1 aromatic heterocycles. The fraction of sp³-hybridized carbons (Fsp3) is 0.350. The zero-order chi connectivity index (χ0) is 19.1. The first-order valence-electron chi connectivity index (χ1n) is 8.46. The number of H-pyrrole nitrogens is 1. The van der Waals surface area contributed by atoms with Crippen LogP contribution >= 0.6 is 15.9 Å². The molecule has 0 spiro atoms. The Morgan fingerprint density at radius 2 is 1.92 bits per heavy atom. The van der Waals surface area contributed by atoms with E-state index in [2.05, 4.69) is 20.9 Å². The number of carbonyl (C=O) groups is 2. The molecule has 0 radical (unpaired) electrons. The molecule has 6 heteroatoms. The first-order valence-corrected chi connectivity index (χ1v) is 9.25. The van der Waals surface area contributed by atoms with Crippen molar-refractivity contribution in [1.29, 1.82) is 0 Å². The molecule has 0 aliphatic heterocycles. The maximum Gasteiger partial charge on any atom is 0.261 e. The predicted octanol–water partition coefficient (Wildman–Crippen LogP) is 3.56. The highest BCUT2D eigenvalue weighted by molar-refractivity contribution is 9.10. The van der Waals surface area contributed by atoms with E-state index in [-0.39, 0.29) is 16.8 Å². The smallest absolute Gasteiger partial charge is 0.261 e. The number of nitrogens with one attached hydrogen (secondary N) is 1. The molecule has 1 aliphatic rings. The number of carbonyl (C=O) groups excluding carboxylic acids is 2. The van der Waals surface area contributed by atoms with Crippen LogP contribution in [0, 0.1) is 5.41 Å². The first-order chi connectivity index (χ1) is 12.2. The molecule has 1 amide bonds. The predicted molar refractivity (Wildman–Crippen MR) is 103 cm³/mol. The third kappa shape index (κ3) is 3.65. The van der Waals surface area contributed by atoms with Crippen molar-refractivity contribution in [1.82, 2.24) is 9.88 Å². The van der Waals surface area contributed by atoms with Gasteiger partial charge in [-0.1, -0.05) is 48.0 Å². The van der Waals surface area contributed by atoms with Crippen LogP contribution in [0.15, 0.2) is 39.6 Å². The number of ketones is 1. The number of aromatic amines is 1. The van der Waals surface area contributed by atoms with Crippen LogP contribution in [-0.4, -0.2) is 28.6 Å². The van der Waals surface area contributed by atoms with E-state index in [1.807, 2.05) is 38.1 Å². The lowest BCUT2D eigenvalue weighted by Gasteiger charge is -2.30. The molecule has 3 rings (SSSR count). The average molecular weight is 417 g/mol. The van der Waals surface area contributed by atoms with Crippen molar-refractivity contribution in [2.45, 2.75) is 33.2 Å². The quantitative estimate of drug-likeness (QED) is 0.830. The molecular weight excluding hydrogens is 396 g/mol. The SMILES string of the molecule is CN(Cc1ccccc1Br)C(=O)c1cc2c([nH]c1=O)CC(C)(C)CC2=O. The Hall–Kier alpha value is -2.21. The van der Waals surface area contributed by atoms with Gasteiger partial charge in [-0.25, -0.2) is 0 Å². The molecule has 26 heavy (non-hydrogen) atoms. The van der Waals surface area contributed by atoms with Gasteiger partial charge in [-0.3, -0.25) is 14.4 Å². The summed E-state index contributed by atoms with van der Waals surface area (Å²) < 4.78 is 0.899. The van der Waals surface area contributed by atoms with Crippen LogP contribution in [0.5, 0.6) is 0 Å². The summed E-state index contributed by atoms with van der Waals surface area (Å²) in [5.41, 5.74) is 1.40. The second-order valence-electron chi connectivity index (χ2n) is 7.60. The lowest BCUT2D eigenvalue weighted by Crippen LogP contribution is -2.35. The van der Waals surface area contributed by atoms with Crippen molar-refractivity contribution in [2.75, 3.05) is 7.05 Å². The topological polar surface area (TPSA) is 70.2 Å². The van der Waals surface area contributed by atoms with Gasteiger partial charge in [0.2, 0.25) is 0 Å². The number of hydrogen-bond acceptors (Lipinski definition) is 3. The van der Waals surface area contributed by atoms with Gasteiger partial charge in [0, 0.05) is 35.7 Å². The summed E-state index contributed by atoms with van der Waals surface area (Å²) in [6, 6.07) is 9.07. The molecule has 136 valence electrons. The number of benzene rings is 1. The Bertz CT molecular complexity index is 946. The molecule has 0 bridgehead atoms. The first kappa shape index (κ1) is 18.6. The van der Waals surface area contributed by atoms with E-state index in [9.17, 15) is 14.4 Å². The number of pyridine rings is 1. The van der Waals surface area contributed by atoms with E-state index >= 15 is 0 Å². The number of rotatable bonds is 3. The molecular formula is C20H21BrN2O3. The Morgan fingerprint density at radius 1 is 1.23 bits per heavy atom. The maximum atomic E-state index is 12.8. The van der Waals surface area contributed by atoms with Gasteiger partial charge >= 0.3 is 0 Å². The molecule has 1 heterocycles. The molecule has 1 aliphatic carbocycles. The number of fused-ring (bicyclic) bond motifs is 1. The number of Topliss-reactive ketones (excluding diaryl/α,β-unsaturated/α-hetero) is 1. The number of hydrogen-bond donors (Lipinski definition) is 1. The van der Waals surface area contributed by atoms with E-state index in [1.54, 1.807) is 7.05 Å². The number of halogens is 1. The van der Waals surface area contributed by atoms with Crippen LogP contribution in [0.4, 0.5) is 0 Å². The molecule has 0 saturated carbocycles. The summed E-state index contributed by atoms with van der Waals surface area (Å²) in [5, 5.41) is 0. The molecule has 1 aromatic carbocycles. The van der Waals surface area contributed by atoms with Crippen LogP contribution in [0.3, 0.4) is 0 Å². The van der Waals surface area contributed by atoms with Crippen molar-refractivity contribution < 1.29 is 9.59 Å². The van der Waals surface area contributed by atoms with Gasteiger partial charge < -0.3 is 9.88 Å². The van der Waals surface area contributed by atoms with Crippen LogP contribution < -0.4 is 5.56 Å². The summed E-state index contributed by atoms with van der Waals surface area (Å²) in [7, 11) is 1.64. The number of aromatic nitrogens is 1. The van der Waals surface area contributed by atoms with Crippen molar-refractivity contribution >= 4 is 27.6 Å². The van der Waals surface area contributed by atoms with Gasteiger partial charge in [-0.2, -0.15) is 0 Å². The largest absolute Gasteiger partial charge is 0.337 e. The van der Waals surface area contributed by atoms with Gasteiger partial charge in [0.05, 0.1) is 0 Å². The standard InChI is InChI=1S/C20H21BrN2O3/c1-20(2)9-16-13(17(24)10-20)8-14(18(25)22-16)19(26)23(3)11-12-6-4-5-7-15(12)21/h4-8H,9-11H2,1-3H3,(H,22,25). The molecule has 0 atom stereocenters. The molecule has 5 nitrogen and oxygen atoms in total. The molecule has 0 fully saturated rings. The van der Waals surface area contributed by atoms with Crippen molar-refractivity contribution in [3.63, 3.8) is 0 Å². The minimum Gasteiger partial charge on any atom is -0.337 e. The van der Waals surface area contributed by atoms with Gasteiger partial charge in [0.1, 0.15) is 5.56 Å². The third-order valence-corrected chi connectivity index (χ3v) is 5.43. The minimum atomic E-state index is -0.446. The molecule has 0 saturated heterocycles. The van der Waals surface area contributed by atoms with Crippen LogP contribution in [0.2, 0.25) is 0 Å². The molecule has 1 N–H and O–H groups in total. The Morgan fingerprint density at radius 3 is 2.62 bits per heavy atom. The fourth-order valence-electron chi connectivity index (χ4n) is 3.35. The zero-order valence-electron chi connectivity index (χ0n) is 15.1. The van der Waals surface area contributed by atoms with E-state index in [0.29, 0.717) is 30.6 Å². The Balaban J connectivity index is 1.91. The monoisotopic (exact) mass is 416 g/mol. The van der Waals surface area contributed by atoms with Crippen LogP contribution in [0.25, 0.3) is 0 Å². The highest BCUT2D eigenvalue weighted by Gasteiger charge is 2.33. The summed E-state index contributed by atoms with van der Waals surface area (Å²) in [4.78, 5) is 41.9.